The number of benzene rings is 1. The number of anilines is 1. The molecule has 1 aliphatic rings. The van der Waals surface area contributed by atoms with Crippen molar-refractivity contribution >= 4 is 15.7 Å². The third-order valence-electron chi connectivity index (χ3n) is 3.52. The maximum absolute atomic E-state index is 12.7. The van der Waals surface area contributed by atoms with E-state index in [1.807, 2.05) is 18.2 Å². The highest BCUT2D eigenvalue weighted by Gasteiger charge is 2.31. The molecule has 1 aromatic heterocycles. The minimum absolute atomic E-state index is 0.108. The maximum Gasteiger partial charge on any atom is 0.281 e. The second kappa shape index (κ2) is 4.92. The smallest absolute Gasteiger partial charge is 0.281 e. The Hall–Kier alpha value is -1.86. The lowest BCUT2D eigenvalue weighted by Crippen LogP contribution is -2.36. The van der Waals surface area contributed by atoms with Gasteiger partial charge in [0.1, 0.15) is 0 Å². The van der Waals surface area contributed by atoms with Crippen molar-refractivity contribution in [2.75, 3.05) is 10.8 Å². The number of hydrogen-bond donors (Lipinski definition) is 2. The van der Waals surface area contributed by atoms with Crippen LogP contribution in [0.3, 0.4) is 0 Å². The minimum atomic E-state index is -3.60. The summed E-state index contributed by atoms with van der Waals surface area (Å²) >= 11 is 0. The van der Waals surface area contributed by atoms with E-state index >= 15 is 0 Å². The van der Waals surface area contributed by atoms with E-state index in [9.17, 15) is 8.42 Å². The normalized spacial score (nSPS) is 15.2. The van der Waals surface area contributed by atoms with E-state index in [-0.39, 0.29) is 5.03 Å². The fourth-order valence-electron chi connectivity index (χ4n) is 2.60. The summed E-state index contributed by atoms with van der Waals surface area (Å²) in [5, 5.41) is 0.108. The highest BCUT2D eigenvalue weighted by Crippen LogP contribution is 2.34. The highest BCUT2D eigenvalue weighted by atomic mass is 32.2. The van der Waals surface area contributed by atoms with E-state index in [2.05, 4.69) is 9.97 Å². The van der Waals surface area contributed by atoms with Gasteiger partial charge in [0.05, 0.1) is 18.2 Å². The molecule has 0 radical (unpaired) electrons. The topological polar surface area (TPSA) is 92.1 Å². The van der Waals surface area contributed by atoms with E-state index in [1.54, 1.807) is 0 Å². The number of aryl methyl sites for hydroxylation is 1. The molecule has 0 amide bonds. The number of imidazole rings is 1. The van der Waals surface area contributed by atoms with Crippen molar-refractivity contribution < 1.29 is 8.42 Å². The van der Waals surface area contributed by atoms with Crippen LogP contribution in [-0.2, 0) is 23.0 Å². The van der Waals surface area contributed by atoms with Gasteiger partial charge in [-0.15, -0.1) is 0 Å². The predicted octanol–water partition coefficient (Wildman–Crippen LogP) is 1.01. The van der Waals surface area contributed by atoms with Crippen LogP contribution in [0.25, 0.3) is 0 Å². The number of sulfonamides is 1. The summed E-state index contributed by atoms with van der Waals surface area (Å²) < 4.78 is 26.8. The third kappa shape index (κ3) is 1.99. The van der Waals surface area contributed by atoms with Gasteiger partial charge in [0.15, 0.2) is 5.03 Å². The number of aromatic amines is 1. The number of nitrogens with two attached hydrogens (primary N) is 1. The van der Waals surface area contributed by atoms with Gasteiger partial charge in [-0.2, -0.15) is 8.42 Å². The molecule has 1 aliphatic heterocycles. The number of para-hydroxylation sites is 1. The summed E-state index contributed by atoms with van der Waals surface area (Å²) in [4.78, 5) is 6.47. The van der Waals surface area contributed by atoms with Crippen molar-refractivity contribution in [2.45, 2.75) is 24.4 Å². The standard InChI is InChI=1S/C13H16N4O2S/c14-7-11-4-1-3-10-5-2-6-17(13(10)11)20(18,19)12-8-15-9-16-12/h1,3-4,8-9H,2,5-7,14H2,(H,15,16). The molecule has 0 spiro atoms. The quantitative estimate of drug-likeness (QED) is 0.883. The number of aromatic nitrogens is 2. The molecule has 3 rings (SSSR count). The maximum atomic E-state index is 12.7. The van der Waals surface area contributed by atoms with Crippen molar-refractivity contribution in [3.8, 4) is 0 Å². The van der Waals surface area contributed by atoms with E-state index in [0.717, 1.165) is 29.7 Å². The number of H-pyrrole nitrogens is 1. The van der Waals surface area contributed by atoms with E-state index in [1.165, 1.54) is 16.8 Å². The van der Waals surface area contributed by atoms with Gasteiger partial charge in [-0.05, 0) is 24.0 Å². The minimum Gasteiger partial charge on any atom is -0.334 e. The predicted molar refractivity (Wildman–Crippen MR) is 75.8 cm³/mol. The second-order valence-corrected chi connectivity index (χ2v) is 6.56. The summed E-state index contributed by atoms with van der Waals surface area (Å²) in [5.41, 5.74) is 8.37. The van der Waals surface area contributed by atoms with Crippen molar-refractivity contribution in [3.63, 3.8) is 0 Å². The SMILES string of the molecule is NCc1cccc2c1N(S(=O)(=O)c1cnc[nH]1)CCC2. The average molecular weight is 292 g/mol. The number of nitrogens with zero attached hydrogens (tertiary/aromatic N) is 2. The largest absolute Gasteiger partial charge is 0.334 e. The fourth-order valence-corrected chi connectivity index (χ4v) is 4.08. The summed E-state index contributed by atoms with van der Waals surface area (Å²) in [7, 11) is -3.60. The van der Waals surface area contributed by atoms with Gasteiger partial charge in [-0.3, -0.25) is 4.31 Å². The first-order valence-corrected chi connectivity index (χ1v) is 7.90. The Kier molecular flexibility index (Phi) is 3.23. The Morgan fingerprint density at radius 1 is 1.40 bits per heavy atom. The zero-order chi connectivity index (χ0) is 14.2. The molecule has 0 unspecified atom stereocenters. The Balaban J connectivity index is 2.15. The third-order valence-corrected chi connectivity index (χ3v) is 5.25. The first-order valence-electron chi connectivity index (χ1n) is 6.46. The first kappa shape index (κ1) is 13.1. The van der Waals surface area contributed by atoms with Crippen LogP contribution in [0, 0.1) is 0 Å². The Morgan fingerprint density at radius 2 is 2.25 bits per heavy atom. The Bertz CT molecular complexity index is 696. The first-order chi connectivity index (χ1) is 9.64. The molecule has 7 heteroatoms. The fraction of sp³-hybridized carbons (Fsp3) is 0.308. The van der Waals surface area contributed by atoms with Crippen LogP contribution in [0.1, 0.15) is 17.5 Å². The van der Waals surface area contributed by atoms with Gasteiger partial charge in [-0.25, -0.2) is 4.98 Å². The van der Waals surface area contributed by atoms with Crippen molar-refractivity contribution in [1.82, 2.24) is 9.97 Å². The molecule has 106 valence electrons. The molecule has 0 fully saturated rings. The number of hydrogen-bond acceptors (Lipinski definition) is 4. The van der Waals surface area contributed by atoms with Crippen LogP contribution < -0.4 is 10.0 Å². The van der Waals surface area contributed by atoms with Crippen LogP contribution in [0.4, 0.5) is 5.69 Å². The Morgan fingerprint density at radius 3 is 2.95 bits per heavy atom. The summed E-state index contributed by atoms with van der Waals surface area (Å²) in [6, 6.07) is 5.76. The molecule has 1 aromatic carbocycles. The number of fused-ring (bicyclic) bond motifs is 1. The van der Waals surface area contributed by atoms with Crippen LogP contribution in [-0.4, -0.2) is 24.9 Å². The van der Waals surface area contributed by atoms with Gasteiger partial charge in [-0.1, -0.05) is 18.2 Å². The van der Waals surface area contributed by atoms with Crippen LogP contribution in [0.15, 0.2) is 35.7 Å². The van der Waals surface area contributed by atoms with Crippen molar-refractivity contribution in [1.29, 1.82) is 0 Å². The molecular formula is C13H16N4O2S. The van der Waals surface area contributed by atoms with Crippen LogP contribution in [0.2, 0.25) is 0 Å². The highest BCUT2D eigenvalue weighted by molar-refractivity contribution is 7.92. The summed E-state index contributed by atoms with van der Waals surface area (Å²) in [6.45, 7) is 0.781. The van der Waals surface area contributed by atoms with Crippen LogP contribution in [0.5, 0.6) is 0 Å². The lowest BCUT2D eigenvalue weighted by Gasteiger charge is -2.31. The van der Waals surface area contributed by atoms with Gasteiger partial charge in [0, 0.05) is 13.1 Å². The van der Waals surface area contributed by atoms with E-state index < -0.39 is 10.0 Å². The molecule has 2 heterocycles. The molecule has 0 atom stereocenters. The van der Waals surface area contributed by atoms with Gasteiger partial charge >= 0.3 is 0 Å². The molecule has 3 N–H and O–H groups in total. The molecule has 0 aliphatic carbocycles. The Labute approximate surface area is 117 Å². The molecular weight excluding hydrogens is 276 g/mol. The van der Waals surface area contributed by atoms with E-state index in [4.69, 9.17) is 5.73 Å². The molecule has 2 aromatic rings. The van der Waals surface area contributed by atoms with E-state index in [0.29, 0.717) is 13.1 Å². The molecule has 0 saturated heterocycles. The van der Waals surface area contributed by atoms with Gasteiger partial charge in [0.25, 0.3) is 10.0 Å². The monoisotopic (exact) mass is 292 g/mol. The molecule has 20 heavy (non-hydrogen) atoms. The zero-order valence-electron chi connectivity index (χ0n) is 10.9. The zero-order valence-corrected chi connectivity index (χ0v) is 11.7. The summed E-state index contributed by atoms with van der Waals surface area (Å²) in [6.07, 6.45) is 4.37. The molecule has 6 nitrogen and oxygen atoms in total. The summed E-state index contributed by atoms with van der Waals surface area (Å²) in [5.74, 6) is 0. The molecule has 0 saturated carbocycles. The van der Waals surface area contributed by atoms with Crippen molar-refractivity contribution in [3.05, 3.63) is 41.9 Å². The second-order valence-electron chi connectivity index (χ2n) is 4.73. The average Bonchev–Trinajstić information content (AvgIpc) is 3.00. The lowest BCUT2D eigenvalue weighted by molar-refractivity contribution is 0.583. The lowest BCUT2D eigenvalue weighted by atomic mass is 9.99. The van der Waals surface area contributed by atoms with Gasteiger partial charge < -0.3 is 10.7 Å². The molecule has 0 bridgehead atoms. The van der Waals surface area contributed by atoms with Gasteiger partial charge in [0.2, 0.25) is 0 Å². The number of rotatable bonds is 3. The van der Waals surface area contributed by atoms with Crippen molar-refractivity contribution in [2.24, 2.45) is 5.73 Å². The number of nitrogens with one attached hydrogen (secondary N) is 1. The van der Waals surface area contributed by atoms with Crippen LogP contribution >= 0.6 is 0 Å².